The Balaban J connectivity index is 2.40. The highest BCUT2D eigenvalue weighted by molar-refractivity contribution is 14.1. The molecule has 0 saturated carbocycles. The molecule has 1 unspecified atom stereocenters. The van der Waals surface area contributed by atoms with Gasteiger partial charge in [-0.25, -0.2) is 0 Å². The Labute approximate surface area is 150 Å². The Morgan fingerprint density at radius 2 is 1.95 bits per heavy atom. The third-order valence-electron chi connectivity index (χ3n) is 2.77. The van der Waals surface area contributed by atoms with E-state index in [0.29, 0.717) is 22.4 Å². The van der Waals surface area contributed by atoms with E-state index in [1.807, 2.05) is 19.1 Å². The molecule has 2 aromatic rings. The van der Waals surface area contributed by atoms with Crippen LogP contribution in [0.3, 0.4) is 0 Å². The molecule has 0 aliphatic heterocycles. The van der Waals surface area contributed by atoms with E-state index in [4.69, 9.17) is 27.9 Å². The van der Waals surface area contributed by atoms with Crippen LogP contribution in [0.25, 0.3) is 0 Å². The molecule has 0 spiro atoms. The molecular formula is C15H12BrCl2IO. The predicted octanol–water partition coefficient (Wildman–Crippen LogP) is 6.48. The van der Waals surface area contributed by atoms with Crippen molar-refractivity contribution in [2.24, 2.45) is 0 Å². The molecule has 0 saturated heterocycles. The summed E-state index contributed by atoms with van der Waals surface area (Å²) in [4.78, 5) is -0.00195. The van der Waals surface area contributed by atoms with Gasteiger partial charge in [0.15, 0.2) is 0 Å². The van der Waals surface area contributed by atoms with E-state index in [9.17, 15) is 0 Å². The van der Waals surface area contributed by atoms with Gasteiger partial charge in [-0.15, -0.1) is 0 Å². The number of hydrogen-bond donors (Lipinski definition) is 0. The molecule has 0 aliphatic rings. The van der Waals surface area contributed by atoms with Crippen molar-refractivity contribution in [1.29, 1.82) is 0 Å². The first-order valence-electron chi connectivity index (χ1n) is 6.04. The fraction of sp³-hybridized carbons (Fsp3) is 0.200. The van der Waals surface area contributed by atoms with Gasteiger partial charge in [0.1, 0.15) is 5.75 Å². The zero-order chi connectivity index (χ0) is 14.7. The smallest absolute Gasteiger partial charge is 0.139 e. The lowest BCUT2D eigenvalue weighted by atomic mass is 10.0. The largest absolute Gasteiger partial charge is 0.492 e. The average Bonchev–Trinajstić information content (AvgIpc) is 2.42. The molecule has 0 radical (unpaired) electrons. The molecule has 0 N–H and O–H groups in total. The van der Waals surface area contributed by atoms with Gasteiger partial charge in [-0.05, 0) is 58.8 Å². The minimum atomic E-state index is -0.00195. The van der Waals surface area contributed by atoms with Gasteiger partial charge in [-0.2, -0.15) is 0 Å². The highest BCUT2D eigenvalue weighted by Gasteiger charge is 2.17. The van der Waals surface area contributed by atoms with Crippen molar-refractivity contribution in [3.05, 3.63) is 61.1 Å². The molecule has 1 nitrogen and oxygen atoms in total. The number of hydrogen-bond acceptors (Lipinski definition) is 1. The minimum Gasteiger partial charge on any atom is -0.492 e. The van der Waals surface area contributed by atoms with Gasteiger partial charge in [-0.3, -0.25) is 0 Å². The Kier molecular flexibility index (Phi) is 6.02. The van der Waals surface area contributed by atoms with Crippen molar-refractivity contribution < 1.29 is 4.74 Å². The van der Waals surface area contributed by atoms with Crippen LogP contribution >= 0.6 is 61.7 Å². The first-order chi connectivity index (χ1) is 9.52. The molecule has 20 heavy (non-hydrogen) atoms. The number of halogens is 4. The van der Waals surface area contributed by atoms with Crippen molar-refractivity contribution in [2.75, 3.05) is 6.61 Å². The number of rotatable bonds is 4. The molecule has 2 rings (SSSR count). The molecule has 5 heteroatoms. The van der Waals surface area contributed by atoms with Gasteiger partial charge in [-0.1, -0.05) is 51.3 Å². The maximum atomic E-state index is 6.35. The Bertz CT molecular complexity index is 619. The van der Waals surface area contributed by atoms with Crippen LogP contribution in [0.1, 0.15) is 22.9 Å². The maximum absolute atomic E-state index is 6.35. The molecule has 0 aromatic heterocycles. The summed E-state index contributed by atoms with van der Waals surface area (Å²) in [6, 6.07) is 11.9. The van der Waals surface area contributed by atoms with Crippen LogP contribution in [0.4, 0.5) is 0 Å². The van der Waals surface area contributed by atoms with Crippen molar-refractivity contribution in [2.45, 2.75) is 11.8 Å². The SMILES string of the molecule is CCOc1cc(Cl)c(C(Br)c2cccc(I)c2)cc1Cl. The minimum absolute atomic E-state index is 0.00195. The van der Waals surface area contributed by atoms with Gasteiger partial charge in [0.2, 0.25) is 0 Å². The van der Waals surface area contributed by atoms with Gasteiger partial charge in [0.05, 0.1) is 16.5 Å². The summed E-state index contributed by atoms with van der Waals surface area (Å²) in [6.45, 7) is 2.47. The molecule has 1 atom stereocenters. The lowest BCUT2D eigenvalue weighted by Gasteiger charge is -2.15. The summed E-state index contributed by atoms with van der Waals surface area (Å²) >= 11 is 18.6. The van der Waals surface area contributed by atoms with E-state index in [0.717, 1.165) is 11.1 Å². The first-order valence-corrected chi connectivity index (χ1v) is 8.79. The summed E-state index contributed by atoms with van der Waals surface area (Å²) in [5.74, 6) is 0.616. The lowest BCUT2D eigenvalue weighted by Crippen LogP contribution is -1.97. The van der Waals surface area contributed by atoms with E-state index >= 15 is 0 Å². The third kappa shape index (κ3) is 3.81. The Morgan fingerprint density at radius 1 is 1.20 bits per heavy atom. The quantitative estimate of drug-likeness (QED) is 0.355. The Hall–Kier alpha value is 0.0300. The first kappa shape index (κ1) is 16.4. The second-order valence-corrected chi connectivity index (χ2v) is 7.13. The molecular weight excluding hydrogens is 474 g/mol. The zero-order valence-electron chi connectivity index (χ0n) is 10.7. The molecule has 0 aliphatic carbocycles. The fourth-order valence-electron chi connectivity index (χ4n) is 1.85. The van der Waals surface area contributed by atoms with Crippen LogP contribution in [0.15, 0.2) is 36.4 Å². The van der Waals surface area contributed by atoms with E-state index < -0.39 is 0 Å². The van der Waals surface area contributed by atoms with Crippen molar-refractivity contribution in [3.63, 3.8) is 0 Å². The molecule has 0 heterocycles. The average molecular weight is 486 g/mol. The monoisotopic (exact) mass is 484 g/mol. The molecule has 0 bridgehead atoms. The topological polar surface area (TPSA) is 9.23 Å². The van der Waals surface area contributed by atoms with Crippen LogP contribution in [0.5, 0.6) is 5.75 Å². The maximum Gasteiger partial charge on any atom is 0.139 e. The number of ether oxygens (including phenoxy) is 1. The van der Waals surface area contributed by atoms with Gasteiger partial charge < -0.3 is 4.74 Å². The Morgan fingerprint density at radius 3 is 2.60 bits per heavy atom. The molecule has 106 valence electrons. The standard InChI is InChI=1S/C15H12BrCl2IO/c1-2-20-14-8-12(17)11(7-13(14)18)15(16)9-4-3-5-10(19)6-9/h3-8,15H,2H2,1H3. The zero-order valence-corrected chi connectivity index (χ0v) is 15.9. The van der Waals surface area contributed by atoms with E-state index in [-0.39, 0.29) is 4.83 Å². The van der Waals surface area contributed by atoms with Crippen LogP contribution in [0, 0.1) is 3.57 Å². The van der Waals surface area contributed by atoms with E-state index in [2.05, 4.69) is 56.7 Å². The van der Waals surface area contributed by atoms with Crippen molar-refractivity contribution >= 4 is 61.7 Å². The van der Waals surface area contributed by atoms with Gasteiger partial charge in [0.25, 0.3) is 0 Å². The summed E-state index contributed by atoms with van der Waals surface area (Å²) in [6.07, 6.45) is 0. The highest BCUT2D eigenvalue weighted by Crippen LogP contribution is 2.40. The van der Waals surface area contributed by atoms with Crippen molar-refractivity contribution in [3.8, 4) is 5.75 Å². The van der Waals surface area contributed by atoms with Gasteiger partial charge in [0, 0.05) is 14.7 Å². The summed E-state index contributed by atoms with van der Waals surface area (Å²) in [7, 11) is 0. The summed E-state index contributed by atoms with van der Waals surface area (Å²) in [5, 5.41) is 1.21. The van der Waals surface area contributed by atoms with Crippen LogP contribution in [-0.2, 0) is 0 Å². The van der Waals surface area contributed by atoms with Crippen LogP contribution in [0.2, 0.25) is 10.0 Å². The molecule has 2 aromatic carbocycles. The molecule has 0 amide bonds. The van der Waals surface area contributed by atoms with Crippen LogP contribution < -0.4 is 4.74 Å². The lowest BCUT2D eigenvalue weighted by molar-refractivity contribution is 0.340. The highest BCUT2D eigenvalue weighted by atomic mass is 127. The summed E-state index contributed by atoms with van der Waals surface area (Å²) < 4.78 is 6.62. The normalized spacial score (nSPS) is 12.2. The second kappa shape index (κ2) is 7.34. The second-order valence-electron chi connectivity index (χ2n) is 4.15. The number of benzene rings is 2. The van der Waals surface area contributed by atoms with Gasteiger partial charge >= 0.3 is 0 Å². The summed E-state index contributed by atoms with van der Waals surface area (Å²) in [5.41, 5.74) is 2.07. The van der Waals surface area contributed by atoms with E-state index in [1.54, 1.807) is 6.07 Å². The third-order valence-corrected chi connectivity index (χ3v) is 5.08. The fourth-order valence-corrected chi connectivity index (χ4v) is 3.70. The molecule has 0 fully saturated rings. The van der Waals surface area contributed by atoms with Crippen molar-refractivity contribution in [1.82, 2.24) is 0 Å². The predicted molar refractivity (Wildman–Crippen MR) is 97.6 cm³/mol. The van der Waals surface area contributed by atoms with E-state index in [1.165, 1.54) is 3.57 Å². The van der Waals surface area contributed by atoms with Crippen LogP contribution in [-0.4, -0.2) is 6.61 Å². The number of alkyl halides is 1.